The number of rotatable bonds is 3. The molecule has 1 aromatic carbocycles. The zero-order valence-corrected chi connectivity index (χ0v) is 11.1. The Morgan fingerprint density at radius 1 is 1.50 bits per heavy atom. The van der Waals surface area contributed by atoms with Crippen molar-refractivity contribution in [3.63, 3.8) is 0 Å². The van der Waals surface area contributed by atoms with Gasteiger partial charge in [0.05, 0.1) is 16.5 Å². The van der Waals surface area contributed by atoms with Gasteiger partial charge in [0.1, 0.15) is 5.82 Å². The van der Waals surface area contributed by atoms with E-state index in [1.807, 2.05) is 0 Å². The third-order valence-corrected chi connectivity index (χ3v) is 3.02. The van der Waals surface area contributed by atoms with E-state index in [0.717, 1.165) is 0 Å². The summed E-state index contributed by atoms with van der Waals surface area (Å²) in [7, 11) is 0. The Kier molecular flexibility index (Phi) is 4.08. The van der Waals surface area contributed by atoms with E-state index in [4.69, 9.17) is 4.74 Å². The summed E-state index contributed by atoms with van der Waals surface area (Å²) in [6, 6.07) is 4.89. The lowest BCUT2D eigenvalue weighted by Gasteiger charge is -2.23. The second kappa shape index (κ2) is 4.95. The molecule has 0 N–H and O–H groups in total. The molecule has 0 fully saturated rings. The first kappa shape index (κ1) is 13.2. The molecule has 0 spiro atoms. The van der Waals surface area contributed by atoms with Crippen LogP contribution in [0.4, 0.5) is 4.39 Å². The number of hydrogen-bond donors (Lipinski definition) is 0. The average molecular weight is 289 g/mol. The second-order valence-electron chi connectivity index (χ2n) is 3.95. The van der Waals surface area contributed by atoms with Crippen molar-refractivity contribution in [3.8, 4) is 0 Å². The second-order valence-corrected chi connectivity index (χ2v) is 4.80. The smallest absolute Gasteiger partial charge is 0.316 e. The summed E-state index contributed by atoms with van der Waals surface area (Å²) in [6.45, 7) is 5.31. The van der Waals surface area contributed by atoms with Gasteiger partial charge in [-0.3, -0.25) is 4.79 Å². The van der Waals surface area contributed by atoms with Crippen LogP contribution in [0.25, 0.3) is 0 Å². The molecule has 0 aromatic heterocycles. The minimum atomic E-state index is -0.982. The van der Waals surface area contributed by atoms with Gasteiger partial charge in [0, 0.05) is 5.56 Å². The van der Waals surface area contributed by atoms with E-state index >= 15 is 0 Å². The van der Waals surface area contributed by atoms with Crippen LogP contribution in [0.5, 0.6) is 0 Å². The van der Waals surface area contributed by atoms with Crippen LogP contribution in [0.2, 0.25) is 0 Å². The summed E-state index contributed by atoms with van der Waals surface area (Å²) in [5.74, 6) is -0.840. The van der Waals surface area contributed by atoms with E-state index in [1.54, 1.807) is 39.0 Å². The van der Waals surface area contributed by atoms with Gasteiger partial charge in [0.2, 0.25) is 0 Å². The number of carbonyl (C=O) groups is 1. The van der Waals surface area contributed by atoms with Crippen molar-refractivity contribution in [1.29, 1.82) is 0 Å². The van der Waals surface area contributed by atoms with Gasteiger partial charge in [-0.1, -0.05) is 12.1 Å². The summed E-state index contributed by atoms with van der Waals surface area (Å²) in [5, 5.41) is 0. The number of hydrogen-bond acceptors (Lipinski definition) is 2. The number of halogens is 2. The first-order valence-corrected chi connectivity index (χ1v) is 5.82. The normalized spacial score (nSPS) is 11.3. The van der Waals surface area contributed by atoms with E-state index in [2.05, 4.69) is 15.9 Å². The molecular weight excluding hydrogens is 275 g/mol. The minimum absolute atomic E-state index is 0.290. The van der Waals surface area contributed by atoms with Crippen LogP contribution in [0.1, 0.15) is 26.3 Å². The van der Waals surface area contributed by atoms with E-state index in [-0.39, 0.29) is 6.61 Å². The molecule has 0 saturated heterocycles. The Morgan fingerprint density at radius 3 is 2.69 bits per heavy atom. The Morgan fingerprint density at radius 2 is 2.12 bits per heavy atom. The molecule has 1 rings (SSSR count). The van der Waals surface area contributed by atoms with E-state index in [9.17, 15) is 9.18 Å². The topological polar surface area (TPSA) is 26.3 Å². The molecule has 0 aliphatic heterocycles. The molecule has 0 aliphatic carbocycles. The van der Waals surface area contributed by atoms with Gasteiger partial charge in [0.25, 0.3) is 0 Å². The van der Waals surface area contributed by atoms with Gasteiger partial charge >= 0.3 is 5.97 Å². The van der Waals surface area contributed by atoms with Gasteiger partial charge in [-0.15, -0.1) is 0 Å². The van der Waals surface area contributed by atoms with Crippen molar-refractivity contribution in [2.24, 2.45) is 0 Å². The molecule has 0 amide bonds. The largest absolute Gasteiger partial charge is 0.465 e. The fourth-order valence-corrected chi connectivity index (χ4v) is 1.77. The van der Waals surface area contributed by atoms with Gasteiger partial charge in [-0.25, -0.2) is 4.39 Å². The molecule has 0 unspecified atom stereocenters. The highest BCUT2D eigenvalue weighted by Crippen LogP contribution is 2.30. The summed E-state index contributed by atoms with van der Waals surface area (Å²) < 4.78 is 19.1. The lowest BCUT2D eigenvalue weighted by atomic mass is 9.84. The average Bonchev–Trinajstić information content (AvgIpc) is 2.22. The van der Waals surface area contributed by atoms with Crippen molar-refractivity contribution in [3.05, 3.63) is 34.1 Å². The van der Waals surface area contributed by atoms with Crippen LogP contribution >= 0.6 is 15.9 Å². The molecule has 1 aromatic rings. The lowest BCUT2D eigenvalue weighted by Crippen LogP contribution is -2.32. The van der Waals surface area contributed by atoms with Crippen molar-refractivity contribution < 1.29 is 13.9 Å². The highest BCUT2D eigenvalue weighted by molar-refractivity contribution is 9.10. The maximum absolute atomic E-state index is 13.8. The fraction of sp³-hybridized carbons (Fsp3) is 0.417. The minimum Gasteiger partial charge on any atom is -0.465 e. The monoisotopic (exact) mass is 288 g/mol. The van der Waals surface area contributed by atoms with E-state index in [1.165, 1.54) is 0 Å². The quantitative estimate of drug-likeness (QED) is 0.797. The summed E-state index contributed by atoms with van der Waals surface area (Å²) in [4.78, 5) is 11.7. The molecule has 16 heavy (non-hydrogen) atoms. The first-order chi connectivity index (χ1) is 7.41. The maximum atomic E-state index is 13.8. The Labute approximate surface area is 103 Å². The van der Waals surface area contributed by atoms with Crippen LogP contribution in [-0.2, 0) is 14.9 Å². The van der Waals surface area contributed by atoms with Crippen LogP contribution in [0, 0.1) is 5.82 Å². The summed E-state index contributed by atoms with van der Waals surface area (Å²) >= 11 is 3.10. The number of carbonyl (C=O) groups excluding carboxylic acids is 1. The van der Waals surface area contributed by atoms with Gasteiger partial charge in [-0.05, 0) is 42.8 Å². The van der Waals surface area contributed by atoms with Crippen LogP contribution < -0.4 is 0 Å². The fourth-order valence-electron chi connectivity index (χ4n) is 1.41. The molecular formula is C12H14BrFO2. The molecule has 0 saturated carbocycles. The Balaban J connectivity index is 3.16. The summed E-state index contributed by atoms with van der Waals surface area (Å²) in [6.07, 6.45) is 0. The number of benzene rings is 1. The van der Waals surface area contributed by atoms with E-state index < -0.39 is 17.2 Å². The molecule has 0 bridgehead atoms. The third-order valence-electron chi connectivity index (χ3n) is 2.41. The van der Waals surface area contributed by atoms with Crippen LogP contribution in [0.15, 0.2) is 22.7 Å². The number of ether oxygens (including phenoxy) is 1. The van der Waals surface area contributed by atoms with Crippen molar-refractivity contribution >= 4 is 21.9 Å². The first-order valence-electron chi connectivity index (χ1n) is 5.03. The highest BCUT2D eigenvalue weighted by atomic mass is 79.9. The molecule has 0 atom stereocenters. The van der Waals surface area contributed by atoms with Gasteiger partial charge in [-0.2, -0.15) is 0 Å². The predicted octanol–water partition coefficient (Wildman–Crippen LogP) is 3.43. The van der Waals surface area contributed by atoms with Crippen molar-refractivity contribution in [2.75, 3.05) is 6.61 Å². The Bertz CT molecular complexity index is 402. The molecule has 0 aliphatic rings. The molecule has 2 nitrogen and oxygen atoms in total. The van der Waals surface area contributed by atoms with Crippen molar-refractivity contribution in [1.82, 2.24) is 0 Å². The zero-order valence-electron chi connectivity index (χ0n) is 9.51. The molecule has 0 heterocycles. The SMILES string of the molecule is CCOC(=O)C(C)(C)c1cccc(Br)c1F. The third kappa shape index (κ3) is 2.43. The molecule has 4 heteroatoms. The number of esters is 1. The Hall–Kier alpha value is -0.900. The lowest BCUT2D eigenvalue weighted by molar-refractivity contribution is -0.148. The van der Waals surface area contributed by atoms with Crippen molar-refractivity contribution in [2.45, 2.75) is 26.2 Å². The van der Waals surface area contributed by atoms with Gasteiger partial charge in [0.15, 0.2) is 0 Å². The molecule has 88 valence electrons. The van der Waals surface area contributed by atoms with Crippen LogP contribution in [0.3, 0.4) is 0 Å². The van der Waals surface area contributed by atoms with Crippen LogP contribution in [-0.4, -0.2) is 12.6 Å². The zero-order chi connectivity index (χ0) is 12.3. The van der Waals surface area contributed by atoms with E-state index in [0.29, 0.717) is 10.0 Å². The van der Waals surface area contributed by atoms with Gasteiger partial charge < -0.3 is 4.74 Å². The highest BCUT2D eigenvalue weighted by Gasteiger charge is 2.34. The molecule has 0 radical (unpaired) electrons. The predicted molar refractivity (Wildman–Crippen MR) is 63.8 cm³/mol. The summed E-state index contributed by atoms with van der Waals surface area (Å²) in [5.41, 5.74) is -0.649. The maximum Gasteiger partial charge on any atom is 0.316 e. The standard InChI is InChI=1S/C12H14BrFO2/c1-4-16-11(15)12(2,3)8-6-5-7-9(13)10(8)14/h5-7H,4H2,1-3H3.